The van der Waals surface area contributed by atoms with Gasteiger partial charge in [0, 0.05) is 33.7 Å². The van der Waals surface area contributed by atoms with E-state index in [1.54, 1.807) is 7.05 Å². The Kier molecular flexibility index (Phi) is 8.59. The quantitative estimate of drug-likeness (QED) is 0.563. The minimum Gasteiger partial charge on any atom is -0.444 e. The standard InChI is InChI=1S/C19H29F3N4O2/c1-18(2,3)28-17(27)26(5)13-15-8-6-14(7-9-15)12-25-16(23-4)24-11-10-19(20,21)22/h6-9H,10-13H2,1-5H3,(H2,23,24,25). The van der Waals surface area contributed by atoms with Gasteiger partial charge in [-0.15, -0.1) is 0 Å². The van der Waals surface area contributed by atoms with Gasteiger partial charge in [0.05, 0.1) is 6.42 Å². The summed E-state index contributed by atoms with van der Waals surface area (Å²) in [6.07, 6.45) is -5.52. The van der Waals surface area contributed by atoms with Gasteiger partial charge in [0.1, 0.15) is 5.60 Å². The van der Waals surface area contributed by atoms with Crippen molar-refractivity contribution in [3.05, 3.63) is 35.4 Å². The van der Waals surface area contributed by atoms with Crippen LogP contribution in [0.5, 0.6) is 0 Å². The molecule has 9 heteroatoms. The van der Waals surface area contributed by atoms with E-state index in [-0.39, 0.29) is 6.54 Å². The molecular weight excluding hydrogens is 373 g/mol. The van der Waals surface area contributed by atoms with Gasteiger partial charge in [-0.3, -0.25) is 4.99 Å². The molecule has 0 spiro atoms. The largest absolute Gasteiger partial charge is 0.444 e. The van der Waals surface area contributed by atoms with Crippen LogP contribution < -0.4 is 10.6 Å². The summed E-state index contributed by atoms with van der Waals surface area (Å²) in [4.78, 5) is 17.4. The Morgan fingerprint density at radius 2 is 1.68 bits per heavy atom. The van der Waals surface area contributed by atoms with Gasteiger partial charge in [0.2, 0.25) is 0 Å². The third-order valence-electron chi connectivity index (χ3n) is 3.53. The number of carbonyl (C=O) groups is 1. The number of nitrogens with zero attached hydrogens (tertiary/aromatic N) is 2. The molecule has 0 aromatic heterocycles. The Bertz CT molecular complexity index is 653. The molecule has 1 aromatic carbocycles. The molecule has 0 atom stereocenters. The summed E-state index contributed by atoms with van der Waals surface area (Å²) in [5, 5.41) is 5.59. The number of rotatable bonds is 6. The maximum absolute atomic E-state index is 12.2. The van der Waals surface area contributed by atoms with E-state index in [1.807, 2.05) is 45.0 Å². The number of hydrogen-bond donors (Lipinski definition) is 2. The van der Waals surface area contributed by atoms with Crippen LogP contribution in [0.25, 0.3) is 0 Å². The second-order valence-corrected chi connectivity index (χ2v) is 7.37. The summed E-state index contributed by atoms with van der Waals surface area (Å²) in [6.45, 7) is 6.02. The molecule has 0 unspecified atom stereocenters. The van der Waals surface area contributed by atoms with E-state index in [1.165, 1.54) is 11.9 Å². The Morgan fingerprint density at radius 1 is 1.11 bits per heavy atom. The van der Waals surface area contributed by atoms with Crippen molar-refractivity contribution >= 4 is 12.1 Å². The number of aliphatic imine (C=N–C) groups is 1. The lowest BCUT2D eigenvalue weighted by Gasteiger charge is -2.24. The first-order chi connectivity index (χ1) is 12.9. The number of benzene rings is 1. The molecule has 1 amide bonds. The van der Waals surface area contributed by atoms with Crippen LogP contribution in [0.3, 0.4) is 0 Å². The minimum absolute atomic E-state index is 0.237. The zero-order valence-electron chi connectivity index (χ0n) is 17.0. The van der Waals surface area contributed by atoms with Crippen LogP contribution in [0.1, 0.15) is 38.3 Å². The highest BCUT2D eigenvalue weighted by Gasteiger charge is 2.26. The average molecular weight is 402 g/mol. The first kappa shape index (κ1) is 23.6. The predicted molar refractivity (Wildman–Crippen MR) is 103 cm³/mol. The van der Waals surface area contributed by atoms with Crippen LogP contribution in [0, 0.1) is 0 Å². The number of halogens is 3. The molecule has 0 aliphatic rings. The van der Waals surface area contributed by atoms with Crippen molar-refractivity contribution in [2.45, 2.75) is 52.1 Å². The monoisotopic (exact) mass is 402 g/mol. The van der Waals surface area contributed by atoms with E-state index in [4.69, 9.17) is 4.74 Å². The molecular formula is C19H29F3N4O2. The molecule has 158 valence electrons. The summed E-state index contributed by atoms with van der Waals surface area (Å²) in [6, 6.07) is 7.54. The fourth-order valence-electron chi connectivity index (χ4n) is 2.17. The van der Waals surface area contributed by atoms with Gasteiger partial charge in [-0.25, -0.2) is 4.79 Å². The van der Waals surface area contributed by atoms with Crippen molar-refractivity contribution in [1.82, 2.24) is 15.5 Å². The fourth-order valence-corrected chi connectivity index (χ4v) is 2.17. The van der Waals surface area contributed by atoms with Crippen LogP contribution in [0.4, 0.5) is 18.0 Å². The van der Waals surface area contributed by atoms with E-state index < -0.39 is 24.3 Å². The Hall–Kier alpha value is -2.45. The zero-order valence-corrected chi connectivity index (χ0v) is 17.0. The number of carbonyl (C=O) groups excluding carboxylic acids is 1. The fraction of sp³-hybridized carbons (Fsp3) is 0.579. The van der Waals surface area contributed by atoms with E-state index in [0.717, 1.165) is 11.1 Å². The van der Waals surface area contributed by atoms with E-state index in [0.29, 0.717) is 19.0 Å². The summed E-state index contributed by atoms with van der Waals surface area (Å²) in [7, 11) is 3.17. The summed E-state index contributed by atoms with van der Waals surface area (Å²) >= 11 is 0. The number of amides is 1. The highest BCUT2D eigenvalue weighted by molar-refractivity contribution is 5.79. The van der Waals surface area contributed by atoms with Crippen LogP contribution in [0.15, 0.2) is 29.3 Å². The molecule has 0 aliphatic carbocycles. The predicted octanol–water partition coefficient (Wildman–Crippen LogP) is 3.67. The SMILES string of the molecule is CN=C(NCCC(F)(F)F)NCc1ccc(CN(C)C(=O)OC(C)(C)C)cc1. The zero-order chi connectivity index (χ0) is 21.4. The van der Waals surface area contributed by atoms with Crippen molar-refractivity contribution in [1.29, 1.82) is 0 Å². The van der Waals surface area contributed by atoms with Gasteiger partial charge in [-0.2, -0.15) is 13.2 Å². The second-order valence-electron chi connectivity index (χ2n) is 7.37. The van der Waals surface area contributed by atoms with Gasteiger partial charge in [-0.1, -0.05) is 24.3 Å². The molecule has 0 saturated carbocycles. The molecule has 0 bridgehead atoms. The molecule has 28 heavy (non-hydrogen) atoms. The van der Waals surface area contributed by atoms with E-state index in [2.05, 4.69) is 15.6 Å². The molecule has 2 N–H and O–H groups in total. The van der Waals surface area contributed by atoms with Crippen molar-refractivity contribution < 1.29 is 22.7 Å². The molecule has 0 heterocycles. The third-order valence-corrected chi connectivity index (χ3v) is 3.53. The van der Waals surface area contributed by atoms with Crippen LogP contribution in [-0.2, 0) is 17.8 Å². The normalized spacial score (nSPS) is 12.5. The van der Waals surface area contributed by atoms with Crippen molar-refractivity contribution in [2.75, 3.05) is 20.6 Å². The van der Waals surface area contributed by atoms with Gasteiger partial charge in [0.15, 0.2) is 5.96 Å². The van der Waals surface area contributed by atoms with Gasteiger partial charge in [-0.05, 0) is 31.9 Å². The number of nitrogens with one attached hydrogen (secondary N) is 2. The molecule has 0 fully saturated rings. The van der Waals surface area contributed by atoms with E-state index >= 15 is 0 Å². The number of alkyl halides is 3. The molecule has 0 radical (unpaired) electrons. The topological polar surface area (TPSA) is 66.0 Å². The summed E-state index contributed by atoms with van der Waals surface area (Å²) in [5.41, 5.74) is 1.32. The van der Waals surface area contributed by atoms with Crippen molar-refractivity contribution in [3.8, 4) is 0 Å². The Balaban J connectivity index is 2.48. The lowest BCUT2D eigenvalue weighted by atomic mass is 10.1. The van der Waals surface area contributed by atoms with Gasteiger partial charge in [0.25, 0.3) is 0 Å². The number of guanidine groups is 1. The Morgan fingerprint density at radius 3 is 2.18 bits per heavy atom. The summed E-state index contributed by atoms with van der Waals surface area (Å²) < 4.78 is 41.9. The maximum atomic E-state index is 12.2. The van der Waals surface area contributed by atoms with Crippen molar-refractivity contribution in [3.63, 3.8) is 0 Å². The number of ether oxygens (including phenoxy) is 1. The van der Waals surface area contributed by atoms with Crippen molar-refractivity contribution in [2.24, 2.45) is 4.99 Å². The number of hydrogen-bond acceptors (Lipinski definition) is 3. The van der Waals surface area contributed by atoms with Crippen LogP contribution in [-0.4, -0.2) is 49.4 Å². The highest BCUT2D eigenvalue weighted by Crippen LogP contribution is 2.18. The van der Waals surface area contributed by atoms with Crippen LogP contribution in [0.2, 0.25) is 0 Å². The smallest absolute Gasteiger partial charge is 0.410 e. The van der Waals surface area contributed by atoms with Crippen LogP contribution >= 0.6 is 0 Å². The summed E-state index contributed by atoms with van der Waals surface area (Å²) in [5.74, 6) is 0.304. The maximum Gasteiger partial charge on any atom is 0.410 e. The lowest BCUT2D eigenvalue weighted by molar-refractivity contribution is -0.132. The van der Waals surface area contributed by atoms with Gasteiger partial charge >= 0.3 is 12.3 Å². The Labute approximate surface area is 164 Å². The first-order valence-electron chi connectivity index (χ1n) is 8.93. The minimum atomic E-state index is -4.20. The average Bonchev–Trinajstić information content (AvgIpc) is 2.56. The second kappa shape index (κ2) is 10.2. The van der Waals surface area contributed by atoms with E-state index in [9.17, 15) is 18.0 Å². The molecule has 1 rings (SSSR count). The first-order valence-corrected chi connectivity index (χ1v) is 8.93. The third kappa shape index (κ3) is 10.0. The lowest BCUT2D eigenvalue weighted by Crippen LogP contribution is -2.38. The molecule has 0 saturated heterocycles. The highest BCUT2D eigenvalue weighted by atomic mass is 19.4. The van der Waals surface area contributed by atoms with Gasteiger partial charge < -0.3 is 20.3 Å². The molecule has 6 nitrogen and oxygen atoms in total. The molecule has 0 aliphatic heterocycles. The molecule has 1 aromatic rings.